The second-order valence-corrected chi connectivity index (χ2v) is 4.91. The number of rotatable bonds is 7. The highest BCUT2D eigenvalue weighted by molar-refractivity contribution is 5.30. The highest BCUT2D eigenvalue weighted by Gasteiger charge is 2.05. The third kappa shape index (κ3) is 4.06. The normalized spacial score (nSPS) is 10.8. The zero-order valence-electron chi connectivity index (χ0n) is 12.4. The molecule has 2 aromatic rings. The van der Waals surface area contributed by atoms with Crippen LogP contribution < -0.4 is 5.32 Å². The van der Waals surface area contributed by atoms with Crippen LogP contribution in [0.2, 0.25) is 0 Å². The maximum Gasteiger partial charge on any atom is 0.203 e. The molecule has 0 aliphatic rings. The van der Waals surface area contributed by atoms with Gasteiger partial charge in [-0.15, -0.1) is 0 Å². The number of nitrogens with one attached hydrogen (secondary N) is 1. The van der Waals surface area contributed by atoms with Gasteiger partial charge in [-0.05, 0) is 31.9 Å². The molecule has 0 atom stereocenters. The van der Waals surface area contributed by atoms with Crippen molar-refractivity contribution in [3.05, 3.63) is 41.5 Å². The zero-order chi connectivity index (χ0) is 14.4. The number of aryl methyl sites for hydroxylation is 3. The number of aromatic nitrogens is 3. The first kappa shape index (κ1) is 14.5. The van der Waals surface area contributed by atoms with Crippen molar-refractivity contribution in [3.8, 4) is 0 Å². The Morgan fingerprint density at radius 1 is 1.25 bits per heavy atom. The summed E-state index contributed by atoms with van der Waals surface area (Å²) in [5.41, 5.74) is 3.21. The molecule has 5 heteroatoms. The zero-order valence-corrected chi connectivity index (χ0v) is 12.4. The minimum Gasteiger partial charge on any atom is -0.385 e. The van der Waals surface area contributed by atoms with Crippen molar-refractivity contribution >= 4 is 5.95 Å². The fourth-order valence-electron chi connectivity index (χ4n) is 2.02. The summed E-state index contributed by atoms with van der Waals surface area (Å²) in [5.74, 6) is 0.902. The molecule has 0 bridgehead atoms. The van der Waals surface area contributed by atoms with Crippen molar-refractivity contribution in [1.82, 2.24) is 14.5 Å². The maximum absolute atomic E-state index is 5.09. The summed E-state index contributed by atoms with van der Waals surface area (Å²) in [6, 6.07) is 4.10. The van der Waals surface area contributed by atoms with E-state index in [1.165, 1.54) is 0 Å². The van der Waals surface area contributed by atoms with Gasteiger partial charge in [-0.1, -0.05) is 6.07 Å². The molecule has 0 unspecified atom stereocenters. The molecule has 0 aliphatic heterocycles. The molecule has 2 aromatic heterocycles. The van der Waals surface area contributed by atoms with Crippen LogP contribution in [0.3, 0.4) is 0 Å². The third-order valence-electron chi connectivity index (χ3n) is 3.07. The Balaban J connectivity index is 1.96. The number of methoxy groups -OCH3 is 1. The summed E-state index contributed by atoms with van der Waals surface area (Å²) >= 11 is 0. The van der Waals surface area contributed by atoms with E-state index >= 15 is 0 Å². The van der Waals surface area contributed by atoms with Gasteiger partial charge in [0.2, 0.25) is 5.95 Å². The van der Waals surface area contributed by atoms with Gasteiger partial charge in [0.1, 0.15) is 0 Å². The van der Waals surface area contributed by atoms with Gasteiger partial charge < -0.3 is 14.6 Å². The van der Waals surface area contributed by atoms with Crippen molar-refractivity contribution in [3.63, 3.8) is 0 Å². The lowest BCUT2D eigenvalue weighted by Gasteiger charge is -2.09. The van der Waals surface area contributed by atoms with E-state index in [1.807, 2.05) is 26.1 Å². The minimum absolute atomic E-state index is 0.730. The van der Waals surface area contributed by atoms with Gasteiger partial charge in [-0.2, -0.15) is 0 Å². The van der Waals surface area contributed by atoms with Crippen molar-refractivity contribution in [2.45, 2.75) is 33.4 Å². The lowest BCUT2D eigenvalue weighted by Crippen LogP contribution is -2.08. The van der Waals surface area contributed by atoms with Gasteiger partial charge in [0, 0.05) is 44.9 Å². The van der Waals surface area contributed by atoms with E-state index in [1.54, 1.807) is 7.11 Å². The largest absolute Gasteiger partial charge is 0.385 e. The minimum atomic E-state index is 0.730. The van der Waals surface area contributed by atoms with E-state index in [0.717, 1.165) is 49.0 Å². The van der Waals surface area contributed by atoms with Crippen LogP contribution in [-0.4, -0.2) is 28.3 Å². The molecular formula is C15H22N4O. The smallest absolute Gasteiger partial charge is 0.203 e. The highest BCUT2D eigenvalue weighted by Crippen LogP contribution is 2.11. The van der Waals surface area contributed by atoms with Crippen LogP contribution in [0.15, 0.2) is 24.5 Å². The lowest BCUT2D eigenvalue weighted by molar-refractivity contribution is 0.190. The van der Waals surface area contributed by atoms with E-state index in [9.17, 15) is 0 Å². The Morgan fingerprint density at radius 2 is 2.10 bits per heavy atom. The standard InChI is InChI=1S/C15H22N4O/c1-12-5-6-14(9-16-12)10-17-15-18-13(2)11-19(15)7-4-8-20-3/h5-6,9,11H,4,7-8,10H2,1-3H3,(H,17,18). The molecular weight excluding hydrogens is 252 g/mol. The first-order chi connectivity index (χ1) is 9.69. The lowest BCUT2D eigenvalue weighted by atomic mass is 10.2. The molecule has 20 heavy (non-hydrogen) atoms. The molecule has 0 spiro atoms. The molecule has 0 aliphatic carbocycles. The average molecular weight is 274 g/mol. The summed E-state index contributed by atoms with van der Waals surface area (Å²) in [7, 11) is 1.72. The van der Waals surface area contributed by atoms with Crippen LogP contribution in [0.1, 0.15) is 23.4 Å². The molecule has 0 saturated heterocycles. The molecule has 1 N–H and O–H groups in total. The van der Waals surface area contributed by atoms with E-state index in [0.29, 0.717) is 0 Å². The molecule has 0 fully saturated rings. The fraction of sp³-hybridized carbons (Fsp3) is 0.467. The topological polar surface area (TPSA) is 52.0 Å². The Kier molecular flexibility index (Phi) is 5.12. The number of hydrogen-bond donors (Lipinski definition) is 1. The molecule has 0 saturated carbocycles. The van der Waals surface area contributed by atoms with Crippen LogP contribution in [0.5, 0.6) is 0 Å². The number of pyridine rings is 1. The predicted molar refractivity (Wildman–Crippen MR) is 79.8 cm³/mol. The second kappa shape index (κ2) is 7.05. The first-order valence-corrected chi connectivity index (χ1v) is 6.87. The summed E-state index contributed by atoms with van der Waals surface area (Å²) in [4.78, 5) is 8.81. The third-order valence-corrected chi connectivity index (χ3v) is 3.07. The van der Waals surface area contributed by atoms with Gasteiger partial charge in [0.15, 0.2) is 0 Å². The first-order valence-electron chi connectivity index (χ1n) is 6.87. The second-order valence-electron chi connectivity index (χ2n) is 4.91. The van der Waals surface area contributed by atoms with E-state index in [2.05, 4.69) is 32.1 Å². The molecule has 108 valence electrons. The van der Waals surface area contributed by atoms with Crippen LogP contribution in [-0.2, 0) is 17.8 Å². The van der Waals surface area contributed by atoms with Crippen LogP contribution in [0, 0.1) is 13.8 Å². The van der Waals surface area contributed by atoms with Crippen molar-refractivity contribution < 1.29 is 4.74 Å². The number of imidazole rings is 1. The Labute approximate surface area is 120 Å². The quantitative estimate of drug-likeness (QED) is 0.788. The summed E-state index contributed by atoms with van der Waals surface area (Å²) in [5, 5.41) is 3.37. The molecule has 0 aromatic carbocycles. The number of ether oxygens (including phenoxy) is 1. The van der Waals surface area contributed by atoms with E-state index < -0.39 is 0 Å². The van der Waals surface area contributed by atoms with Crippen molar-refractivity contribution in [2.24, 2.45) is 0 Å². The SMILES string of the molecule is COCCCn1cc(C)nc1NCc1ccc(C)nc1. The summed E-state index contributed by atoms with van der Waals surface area (Å²) in [6.45, 7) is 6.39. The van der Waals surface area contributed by atoms with Crippen LogP contribution >= 0.6 is 0 Å². The number of nitrogens with zero attached hydrogens (tertiary/aromatic N) is 3. The molecule has 5 nitrogen and oxygen atoms in total. The van der Waals surface area contributed by atoms with Crippen LogP contribution in [0.4, 0.5) is 5.95 Å². The fourth-order valence-corrected chi connectivity index (χ4v) is 2.02. The molecule has 2 rings (SSSR count). The summed E-state index contributed by atoms with van der Waals surface area (Å²) in [6.07, 6.45) is 4.94. The average Bonchev–Trinajstić information content (AvgIpc) is 2.79. The van der Waals surface area contributed by atoms with Gasteiger partial charge >= 0.3 is 0 Å². The van der Waals surface area contributed by atoms with Gasteiger partial charge in [-0.3, -0.25) is 4.98 Å². The summed E-state index contributed by atoms with van der Waals surface area (Å²) < 4.78 is 7.22. The Morgan fingerprint density at radius 3 is 2.80 bits per heavy atom. The number of hydrogen-bond acceptors (Lipinski definition) is 4. The molecule has 2 heterocycles. The van der Waals surface area contributed by atoms with Gasteiger partial charge in [0.25, 0.3) is 0 Å². The highest BCUT2D eigenvalue weighted by atomic mass is 16.5. The molecule has 0 radical (unpaired) electrons. The van der Waals surface area contributed by atoms with E-state index in [4.69, 9.17) is 4.74 Å². The predicted octanol–water partition coefficient (Wildman–Crippen LogP) is 2.54. The van der Waals surface area contributed by atoms with Gasteiger partial charge in [-0.25, -0.2) is 4.98 Å². The van der Waals surface area contributed by atoms with Crippen molar-refractivity contribution in [1.29, 1.82) is 0 Å². The van der Waals surface area contributed by atoms with Crippen LogP contribution in [0.25, 0.3) is 0 Å². The van der Waals surface area contributed by atoms with Gasteiger partial charge in [0.05, 0.1) is 5.69 Å². The Hall–Kier alpha value is -1.88. The Bertz CT molecular complexity index is 533. The van der Waals surface area contributed by atoms with Crippen molar-refractivity contribution in [2.75, 3.05) is 19.0 Å². The number of anilines is 1. The molecule has 0 amide bonds. The maximum atomic E-state index is 5.09. The monoisotopic (exact) mass is 274 g/mol. The van der Waals surface area contributed by atoms with E-state index in [-0.39, 0.29) is 0 Å².